The van der Waals surface area contributed by atoms with Crippen LogP contribution in [0.3, 0.4) is 0 Å². The Labute approximate surface area is 73.4 Å². The smallest absolute Gasteiger partial charge is 0.129 e. The molecule has 0 fully saturated rings. The van der Waals surface area contributed by atoms with E-state index in [0.29, 0.717) is 0 Å². The van der Waals surface area contributed by atoms with Crippen molar-refractivity contribution in [1.82, 2.24) is 0 Å². The molecule has 0 heterocycles. The minimum absolute atomic E-state index is 0.871. The van der Waals surface area contributed by atoms with Gasteiger partial charge >= 0.3 is 0 Å². The van der Waals surface area contributed by atoms with E-state index in [0.717, 1.165) is 0 Å². The molecule has 0 aliphatic heterocycles. The topological polar surface area (TPSA) is 0 Å². The Balaban J connectivity index is 4.21. The third-order valence-electron chi connectivity index (χ3n) is 1.44. The Bertz CT molecular complexity index is 176. The van der Waals surface area contributed by atoms with Crippen LogP contribution in [0.2, 0.25) is 38.4 Å². The standard InChI is InChI=1S/C9H20Si2/c1-7-8-11(5,6)9-10(2,3)4/h9H2,1-6H3. The quantitative estimate of drug-likeness (QED) is 0.457. The first-order valence-electron chi connectivity index (χ1n) is 4.21. The van der Waals surface area contributed by atoms with Gasteiger partial charge in [0.2, 0.25) is 0 Å². The van der Waals surface area contributed by atoms with Gasteiger partial charge in [0.25, 0.3) is 0 Å². The van der Waals surface area contributed by atoms with Gasteiger partial charge in [-0.2, -0.15) is 0 Å². The van der Waals surface area contributed by atoms with E-state index in [-0.39, 0.29) is 0 Å². The van der Waals surface area contributed by atoms with E-state index in [9.17, 15) is 0 Å². The molecular formula is C9H20Si2. The lowest BCUT2D eigenvalue weighted by Gasteiger charge is -2.24. The van der Waals surface area contributed by atoms with E-state index in [4.69, 9.17) is 0 Å². The van der Waals surface area contributed by atoms with Gasteiger partial charge in [-0.1, -0.05) is 38.4 Å². The molecule has 0 aromatic rings. The summed E-state index contributed by atoms with van der Waals surface area (Å²) in [7, 11) is -2.01. The predicted octanol–water partition coefficient (Wildman–Crippen LogP) is 3.13. The highest BCUT2D eigenvalue weighted by Gasteiger charge is 2.26. The zero-order chi connectivity index (χ0) is 9.12. The first-order chi connectivity index (χ1) is 4.77. The van der Waals surface area contributed by atoms with E-state index in [1.165, 1.54) is 5.67 Å². The van der Waals surface area contributed by atoms with Crippen LogP contribution >= 0.6 is 0 Å². The van der Waals surface area contributed by atoms with Gasteiger partial charge in [-0.05, 0) is 6.92 Å². The molecule has 0 rings (SSSR count). The van der Waals surface area contributed by atoms with E-state index in [2.05, 4.69) is 44.2 Å². The number of hydrogen-bond donors (Lipinski definition) is 0. The summed E-state index contributed by atoms with van der Waals surface area (Å²) < 4.78 is 0. The molecule has 0 unspecified atom stereocenters. The van der Waals surface area contributed by atoms with E-state index in [1.807, 2.05) is 6.92 Å². The van der Waals surface area contributed by atoms with Gasteiger partial charge < -0.3 is 0 Å². The van der Waals surface area contributed by atoms with Gasteiger partial charge in [-0.15, -0.1) is 11.5 Å². The largest absolute Gasteiger partial charge is 0.132 e. The average Bonchev–Trinajstić information content (AvgIpc) is 1.55. The average molecular weight is 184 g/mol. The van der Waals surface area contributed by atoms with Crippen LogP contribution in [0.15, 0.2) is 0 Å². The zero-order valence-electron chi connectivity index (χ0n) is 8.71. The summed E-state index contributed by atoms with van der Waals surface area (Å²) in [4.78, 5) is 0. The highest BCUT2D eigenvalue weighted by atomic mass is 28.4. The molecule has 0 bridgehead atoms. The summed E-state index contributed by atoms with van der Waals surface area (Å²) in [5.74, 6) is 3.06. The molecule has 0 aromatic carbocycles. The normalized spacial score (nSPS) is 12.2. The molecule has 0 aliphatic carbocycles. The molecule has 64 valence electrons. The van der Waals surface area contributed by atoms with Crippen LogP contribution in [0.25, 0.3) is 0 Å². The van der Waals surface area contributed by atoms with Gasteiger partial charge in [0.15, 0.2) is 0 Å². The number of hydrogen-bond acceptors (Lipinski definition) is 0. The van der Waals surface area contributed by atoms with Crippen LogP contribution in [-0.2, 0) is 0 Å². The second-order valence-electron chi connectivity index (χ2n) is 5.00. The lowest BCUT2D eigenvalue weighted by Crippen LogP contribution is -2.36. The van der Waals surface area contributed by atoms with Crippen LogP contribution in [0, 0.1) is 11.5 Å². The Hall–Kier alpha value is -0.00623. The van der Waals surface area contributed by atoms with E-state index in [1.54, 1.807) is 0 Å². The molecule has 0 radical (unpaired) electrons. The summed E-state index contributed by atoms with van der Waals surface area (Å²) in [6, 6.07) is 0. The van der Waals surface area contributed by atoms with Crippen molar-refractivity contribution in [3.63, 3.8) is 0 Å². The summed E-state index contributed by atoms with van der Waals surface area (Å²) in [6.07, 6.45) is 0. The monoisotopic (exact) mass is 184 g/mol. The van der Waals surface area contributed by atoms with Crippen LogP contribution in [0.5, 0.6) is 0 Å². The molecule has 0 saturated heterocycles. The van der Waals surface area contributed by atoms with Crippen molar-refractivity contribution < 1.29 is 0 Å². The lowest BCUT2D eigenvalue weighted by molar-refractivity contribution is 1.55. The molecule has 0 aliphatic rings. The molecule has 2 heteroatoms. The van der Waals surface area contributed by atoms with Crippen molar-refractivity contribution >= 4 is 16.1 Å². The molecule has 0 nitrogen and oxygen atoms in total. The Morgan fingerprint density at radius 3 is 1.73 bits per heavy atom. The zero-order valence-corrected chi connectivity index (χ0v) is 10.7. The van der Waals surface area contributed by atoms with Gasteiger partial charge in [0.05, 0.1) is 0 Å². The second-order valence-corrected chi connectivity index (χ2v) is 15.5. The van der Waals surface area contributed by atoms with Crippen molar-refractivity contribution in [2.24, 2.45) is 0 Å². The molecule has 0 aromatic heterocycles. The van der Waals surface area contributed by atoms with Crippen molar-refractivity contribution in [3.05, 3.63) is 0 Å². The minimum Gasteiger partial charge on any atom is -0.132 e. The summed E-state index contributed by atoms with van der Waals surface area (Å²) >= 11 is 0. The SMILES string of the molecule is CC#C[Si](C)(C)C[Si](C)(C)C. The molecule has 0 saturated carbocycles. The van der Waals surface area contributed by atoms with Crippen LogP contribution in [-0.4, -0.2) is 16.1 Å². The number of rotatable bonds is 2. The first-order valence-corrected chi connectivity index (χ1v) is 11.1. The maximum absolute atomic E-state index is 3.40. The molecule has 0 spiro atoms. The Morgan fingerprint density at radius 1 is 1.00 bits per heavy atom. The van der Waals surface area contributed by atoms with Crippen molar-refractivity contribution in [2.75, 3.05) is 0 Å². The minimum atomic E-state index is -1.14. The highest BCUT2D eigenvalue weighted by Crippen LogP contribution is 2.18. The fourth-order valence-electron chi connectivity index (χ4n) is 1.71. The molecular weight excluding hydrogens is 164 g/mol. The van der Waals surface area contributed by atoms with E-state index >= 15 is 0 Å². The molecule has 0 N–H and O–H groups in total. The van der Waals surface area contributed by atoms with Crippen molar-refractivity contribution in [1.29, 1.82) is 0 Å². The van der Waals surface area contributed by atoms with Gasteiger partial charge in [-0.25, -0.2) is 0 Å². The summed E-state index contributed by atoms with van der Waals surface area (Å²) in [6.45, 7) is 14.0. The molecule has 0 amide bonds. The highest BCUT2D eigenvalue weighted by molar-refractivity contribution is 6.98. The van der Waals surface area contributed by atoms with Crippen molar-refractivity contribution in [2.45, 2.75) is 45.3 Å². The Kier molecular flexibility index (Phi) is 3.59. The van der Waals surface area contributed by atoms with Crippen LogP contribution < -0.4 is 0 Å². The fourth-order valence-corrected chi connectivity index (χ4v) is 13.3. The third-order valence-corrected chi connectivity index (χ3v) is 10.1. The Morgan fingerprint density at radius 2 is 1.45 bits per heavy atom. The van der Waals surface area contributed by atoms with Crippen LogP contribution in [0.4, 0.5) is 0 Å². The summed E-state index contributed by atoms with van der Waals surface area (Å²) in [5, 5.41) is 0. The fraction of sp³-hybridized carbons (Fsp3) is 0.778. The molecule has 11 heavy (non-hydrogen) atoms. The van der Waals surface area contributed by atoms with E-state index < -0.39 is 16.1 Å². The van der Waals surface area contributed by atoms with Gasteiger partial charge in [0.1, 0.15) is 8.07 Å². The maximum atomic E-state index is 3.40. The predicted molar refractivity (Wildman–Crippen MR) is 59.1 cm³/mol. The van der Waals surface area contributed by atoms with Crippen LogP contribution in [0.1, 0.15) is 6.92 Å². The first kappa shape index (κ1) is 11.0. The van der Waals surface area contributed by atoms with Crippen molar-refractivity contribution in [3.8, 4) is 11.5 Å². The third kappa shape index (κ3) is 6.39. The molecule has 0 atom stereocenters. The van der Waals surface area contributed by atoms with Gasteiger partial charge in [0, 0.05) is 8.07 Å². The lowest BCUT2D eigenvalue weighted by atomic mass is 10.8. The van der Waals surface area contributed by atoms with Gasteiger partial charge in [-0.3, -0.25) is 0 Å². The second kappa shape index (κ2) is 3.60. The summed E-state index contributed by atoms with van der Waals surface area (Å²) in [5.41, 5.74) is 4.83. The maximum Gasteiger partial charge on any atom is 0.129 e.